The van der Waals surface area contributed by atoms with Crippen molar-refractivity contribution in [2.75, 3.05) is 5.32 Å². The third-order valence-corrected chi connectivity index (χ3v) is 4.00. The quantitative estimate of drug-likeness (QED) is 0.693. The second kappa shape index (κ2) is 5.02. The molecule has 3 aromatic rings. The van der Waals surface area contributed by atoms with Crippen molar-refractivity contribution < 1.29 is 14.7 Å². The fourth-order valence-corrected chi connectivity index (χ4v) is 2.94. The zero-order chi connectivity index (χ0) is 15.0. The molecule has 0 fully saturated rings. The standard InChI is InChI=1S/C14H11N3O3S/c1-7-11(14(19)20)13(21-17-7)16-12(18)9-3-2-4-10-8(9)5-6-15-10/h2-6,15H,1H3,(H,16,18)(H,19,20). The highest BCUT2D eigenvalue weighted by Gasteiger charge is 2.20. The van der Waals surface area contributed by atoms with E-state index in [2.05, 4.69) is 14.7 Å². The summed E-state index contributed by atoms with van der Waals surface area (Å²) < 4.78 is 3.98. The number of carbonyl (C=O) groups excluding carboxylic acids is 1. The summed E-state index contributed by atoms with van der Waals surface area (Å²) in [5.41, 5.74) is 1.76. The number of aromatic amines is 1. The molecule has 0 aliphatic rings. The van der Waals surface area contributed by atoms with Gasteiger partial charge in [0.2, 0.25) is 0 Å². The monoisotopic (exact) mass is 301 g/mol. The van der Waals surface area contributed by atoms with Crippen LogP contribution < -0.4 is 5.32 Å². The third kappa shape index (κ3) is 2.27. The van der Waals surface area contributed by atoms with Crippen LogP contribution in [0.2, 0.25) is 0 Å². The number of H-pyrrole nitrogens is 1. The molecular formula is C14H11N3O3S. The maximum absolute atomic E-state index is 12.4. The van der Waals surface area contributed by atoms with Crippen molar-refractivity contribution in [3.63, 3.8) is 0 Å². The van der Waals surface area contributed by atoms with E-state index < -0.39 is 5.97 Å². The Hall–Kier alpha value is -2.67. The maximum Gasteiger partial charge on any atom is 0.340 e. The molecule has 0 atom stereocenters. The van der Waals surface area contributed by atoms with Crippen LogP contribution in [0.5, 0.6) is 0 Å². The number of rotatable bonds is 3. The van der Waals surface area contributed by atoms with Gasteiger partial charge in [0.25, 0.3) is 5.91 Å². The van der Waals surface area contributed by atoms with E-state index in [0.717, 1.165) is 22.4 Å². The normalized spacial score (nSPS) is 10.7. The minimum absolute atomic E-state index is 0.0367. The van der Waals surface area contributed by atoms with E-state index in [4.69, 9.17) is 5.11 Å². The molecule has 3 rings (SSSR count). The average Bonchev–Trinajstić information content (AvgIpc) is 3.04. The van der Waals surface area contributed by atoms with Gasteiger partial charge in [0.1, 0.15) is 10.6 Å². The molecule has 2 heterocycles. The van der Waals surface area contributed by atoms with E-state index in [1.54, 1.807) is 31.3 Å². The molecule has 21 heavy (non-hydrogen) atoms. The van der Waals surface area contributed by atoms with Gasteiger partial charge in [-0.2, -0.15) is 4.37 Å². The lowest BCUT2D eigenvalue weighted by Gasteiger charge is -2.05. The molecule has 7 heteroatoms. The summed E-state index contributed by atoms with van der Waals surface area (Å²) in [7, 11) is 0. The van der Waals surface area contributed by atoms with Gasteiger partial charge in [0.05, 0.1) is 5.69 Å². The Bertz CT molecular complexity index is 850. The molecule has 0 aliphatic carbocycles. The van der Waals surface area contributed by atoms with E-state index >= 15 is 0 Å². The molecule has 1 amide bonds. The highest BCUT2D eigenvalue weighted by molar-refractivity contribution is 7.11. The van der Waals surface area contributed by atoms with Crippen LogP contribution in [-0.4, -0.2) is 26.3 Å². The molecule has 0 aliphatic heterocycles. The number of aromatic carboxylic acids is 1. The Morgan fingerprint density at radius 1 is 1.33 bits per heavy atom. The first kappa shape index (κ1) is 13.3. The molecule has 3 N–H and O–H groups in total. The predicted octanol–water partition coefficient (Wildman–Crippen LogP) is 2.88. The largest absolute Gasteiger partial charge is 0.478 e. The lowest BCUT2D eigenvalue weighted by molar-refractivity contribution is 0.0697. The van der Waals surface area contributed by atoms with Gasteiger partial charge in [-0.3, -0.25) is 4.79 Å². The summed E-state index contributed by atoms with van der Waals surface area (Å²) in [6.07, 6.45) is 1.75. The van der Waals surface area contributed by atoms with Crippen LogP contribution >= 0.6 is 11.5 Å². The first-order chi connectivity index (χ1) is 10.1. The number of nitrogens with one attached hydrogen (secondary N) is 2. The zero-order valence-electron chi connectivity index (χ0n) is 11.0. The summed E-state index contributed by atoms with van der Waals surface area (Å²) in [4.78, 5) is 26.6. The molecule has 0 saturated heterocycles. The summed E-state index contributed by atoms with van der Waals surface area (Å²) in [5.74, 6) is -1.46. The van der Waals surface area contributed by atoms with Gasteiger partial charge in [0.15, 0.2) is 0 Å². The van der Waals surface area contributed by atoms with Crippen molar-refractivity contribution in [3.8, 4) is 0 Å². The van der Waals surface area contributed by atoms with Gasteiger partial charge in [-0.25, -0.2) is 4.79 Å². The van der Waals surface area contributed by atoms with Gasteiger partial charge >= 0.3 is 5.97 Å². The molecule has 0 radical (unpaired) electrons. The van der Waals surface area contributed by atoms with Crippen molar-refractivity contribution in [2.24, 2.45) is 0 Å². The number of benzene rings is 1. The number of amides is 1. The molecule has 2 aromatic heterocycles. The molecule has 1 aromatic carbocycles. The number of carbonyl (C=O) groups is 2. The van der Waals surface area contributed by atoms with E-state index in [0.29, 0.717) is 11.3 Å². The lowest BCUT2D eigenvalue weighted by Crippen LogP contribution is -2.13. The van der Waals surface area contributed by atoms with Gasteiger partial charge in [-0.15, -0.1) is 0 Å². The average molecular weight is 301 g/mol. The van der Waals surface area contributed by atoms with E-state index in [-0.39, 0.29) is 16.5 Å². The molecule has 0 saturated carbocycles. The van der Waals surface area contributed by atoms with Crippen molar-refractivity contribution in [3.05, 3.63) is 47.3 Å². The highest BCUT2D eigenvalue weighted by Crippen LogP contribution is 2.26. The summed E-state index contributed by atoms with van der Waals surface area (Å²) in [6.45, 7) is 1.60. The Morgan fingerprint density at radius 2 is 2.14 bits per heavy atom. The molecule has 0 spiro atoms. The lowest BCUT2D eigenvalue weighted by atomic mass is 10.1. The molecular weight excluding hydrogens is 290 g/mol. The number of hydrogen-bond acceptors (Lipinski definition) is 4. The number of hydrogen-bond donors (Lipinski definition) is 3. The first-order valence-corrected chi connectivity index (χ1v) is 6.92. The smallest absolute Gasteiger partial charge is 0.340 e. The second-order valence-electron chi connectivity index (χ2n) is 4.48. The van der Waals surface area contributed by atoms with Crippen molar-refractivity contribution in [2.45, 2.75) is 6.92 Å². The minimum atomic E-state index is -1.10. The molecule has 0 bridgehead atoms. The van der Waals surface area contributed by atoms with Crippen LogP contribution in [0.4, 0.5) is 5.00 Å². The van der Waals surface area contributed by atoms with Crippen LogP contribution in [0, 0.1) is 6.92 Å². The molecule has 0 unspecified atom stereocenters. The maximum atomic E-state index is 12.4. The molecule has 6 nitrogen and oxygen atoms in total. The number of fused-ring (bicyclic) bond motifs is 1. The molecule has 106 valence electrons. The van der Waals surface area contributed by atoms with Gasteiger partial charge in [0, 0.05) is 22.7 Å². The first-order valence-electron chi connectivity index (χ1n) is 6.15. The van der Waals surface area contributed by atoms with Crippen LogP contribution in [-0.2, 0) is 0 Å². The summed E-state index contributed by atoms with van der Waals surface area (Å²) in [6, 6.07) is 7.13. The van der Waals surface area contributed by atoms with Gasteiger partial charge in [-0.1, -0.05) is 6.07 Å². The SMILES string of the molecule is Cc1nsc(NC(=O)c2cccc3[nH]ccc23)c1C(=O)O. The van der Waals surface area contributed by atoms with Crippen molar-refractivity contribution >= 4 is 39.3 Å². The second-order valence-corrected chi connectivity index (χ2v) is 5.25. The summed E-state index contributed by atoms with van der Waals surface area (Å²) >= 11 is 0.964. The Morgan fingerprint density at radius 3 is 2.90 bits per heavy atom. The van der Waals surface area contributed by atoms with Gasteiger partial charge < -0.3 is 15.4 Å². The Labute approximate surface area is 123 Å². The third-order valence-electron chi connectivity index (χ3n) is 3.14. The fraction of sp³-hybridized carbons (Fsp3) is 0.0714. The van der Waals surface area contributed by atoms with Crippen molar-refractivity contribution in [1.82, 2.24) is 9.36 Å². The number of aromatic nitrogens is 2. The Kier molecular flexibility index (Phi) is 3.19. The number of aryl methyl sites for hydroxylation is 1. The van der Waals surface area contributed by atoms with Crippen LogP contribution in [0.3, 0.4) is 0 Å². The minimum Gasteiger partial charge on any atom is -0.478 e. The topological polar surface area (TPSA) is 95.1 Å². The van der Waals surface area contributed by atoms with E-state index in [1.165, 1.54) is 0 Å². The fourth-order valence-electron chi connectivity index (χ4n) is 2.16. The zero-order valence-corrected chi connectivity index (χ0v) is 11.8. The highest BCUT2D eigenvalue weighted by atomic mass is 32.1. The van der Waals surface area contributed by atoms with E-state index in [9.17, 15) is 9.59 Å². The van der Waals surface area contributed by atoms with Crippen LogP contribution in [0.15, 0.2) is 30.5 Å². The van der Waals surface area contributed by atoms with Crippen LogP contribution in [0.25, 0.3) is 10.9 Å². The van der Waals surface area contributed by atoms with Gasteiger partial charge in [-0.05, 0) is 36.7 Å². The summed E-state index contributed by atoms with van der Waals surface area (Å²) in [5, 5.41) is 12.8. The predicted molar refractivity (Wildman–Crippen MR) is 80.1 cm³/mol. The number of carboxylic acid groups (broad SMARTS) is 1. The number of anilines is 1. The number of carboxylic acids is 1. The van der Waals surface area contributed by atoms with Crippen LogP contribution in [0.1, 0.15) is 26.4 Å². The Balaban J connectivity index is 1.97. The van der Waals surface area contributed by atoms with Crippen molar-refractivity contribution in [1.29, 1.82) is 0 Å². The number of nitrogens with zero attached hydrogens (tertiary/aromatic N) is 1. The van der Waals surface area contributed by atoms with E-state index in [1.807, 2.05) is 6.07 Å².